The Labute approximate surface area is 125 Å². The molecular weight excluding hydrogens is 301 g/mol. The minimum Gasteiger partial charge on any atom is -0.312 e. The van der Waals surface area contributed by atoms with E-state index >= 15 is 0 Å². The van der Waals surface area contributed by atoms with Gasteiger partial charge in [0.15, 0.2) is 9.84 Å². The monoisotopic (exact) mass is 321 g/mol. The highest BCUT2D eigenvalue weighted by molar-refractivity contribution is 7.91. The van der Waals surface area contributed by atoms with E-state index in [1.165, 1.54) is 12.3 Å². The van der Waals surface area contributed by atoms with Crippen LogP contribution in [0.1, 0.15) is 25.8 Å². The highest BCUT2D eigenvalue weighted by Gasteiger charge is 2.26. The highest BCUT2D eigenvalue weighted by Crippen LogP contribution is 2.18. The number of halogens is 2. The predicted molar refractivity (Wildman–Crippen MR) is 81.5 cm³/mol. The average molecular weight is 322 g/mol. The van der Waals surface area contributed by atoms with Crippen LogP contribution in [0, 0.1) is 5.82 Å². The number of sulfone groups is 1. The summed E-state index contributed by atoms with van der Waals surface area (Å²) < 4.78 is 37.3. The fraction of sp³-hybridized carbons (Fsp3) is 0.571. The zero-order valence-electron chi connectivity index (χ0n) is 12.0. The summed E-state index contributed by atoms with van der Waals surface area (Å²) in [6.07, 6.45) is 2.41. The third kappa shape index (κ3) is 5.04. The minimum absolute atomic E-state index is 0.317. The molecule has 0 radical (unpaired) electrons. The van der Waals surface area contributed by atoms with Crippen LogP contribution in [-0.2, 0) is 16.3 Å². The Morgan fingerprint density at radius 3 is 2.55 bits per heavy atom. The van der Waals surface area contributed by atoms with Gasteiger partial charge in [0, 0.05) is 17.3 Å². The van der Waals surface area contributed by atoms with Crippen LogP contribution in [0.15, 0.2) is 18.2 Å². The van der Waals surface area contributed by atoms with Crippen LogP contribution in [0.3, 0.4) is 0 Å². The van der Waals surface area contributed by atoms with E-state index in [1.807, 2.05) is 6.92 Å². The molecule has 3 nitrogen and oxygen atoms in total. The molecule has 0 aromatic heterocycles. The number of hydrogen-bond donors (Lipinski definition) is 1. The van der Waals surface area contributed by atoms with Gasteiger partial charge in [0.1, 0.15) is 5.82 Å². The van der Waals surface area contributed by atoms with Gasteiger partial charge in [-0.05, 0) is 44.0 Å². The zero-order chi connectivity index (χ0) is 15.3. The molecule has 2 unspecified atom stereocenters. The molecule has 20 heavy (non-hydrogen) atoms. The van der Waals surface area contributed by atoms with E-state index in [1.54, 1.807) is 19.1 Å². The fourth-order valence-electron chi connectivity index (χ4n) is 1.96. The van der Waals surface area contributed by atoms with Crippen molar-refractivity contribution in [1.82, 2.24) is 5.32 Å². The molecule has 0 bridgehead atoms. The smallest absolute Gasteiger partial charge is 0.151 e. The molecule has 2 atom stereocenters. The Bertz CT molecular complexity index is 548. The standard InChI is InChI=1S/C14H21ClFNO2S/c1-4-7-17-14(10(2)20(3,18)19)8-11-5-6-12(15)9-13(11)16/h5-6,9-10,14,17H,4,7-8H2,1-3H3. The lowest BCUT2D eigenvalue weighted by atomic mass is 10.0. The maximum absolute atomic E-state index is 13.8. The number of hydrogen-bond acceptors (Lipinski definition) is 3. The molecule has 0 aliphatic rings. The number of rotatable bonds is 7. The lowest BCUT2D eigenvalue weighted by Gasteiger charge is -2.24. The van der Waals surface area contributed by atoms with Gasteiger partial charge in [0.2, 0.25) is 0 Å². The Balaban J connectivity index is 2.94. The summed E-state index contributed by atoms with van der Waals surface area (Å²) in [5.74, 6) is -0.401. The molecule has 0 heterocycles. The Morgan fingerprint density at radius 1 is 1.40 bits per heavy atom. The first-order chi connectivity index (χ1) is 9.25. The molecule has 0 fully saturated rings. The number of benzene rings is 1. The van der Waals surface area contributed by atoms with E-state index in [4.69, 9.17) is 11.6 Å². The molecule has 114 valence electrons. The first kappa shape index (κ1) is 17.4. The maximum Gasteiger partial charge on any atom is 0.151 e. The summed E-state index contributed by atoms with van der Waals surface area (Å²) in [4.78, 5) is 0. The molecule has 0 saturated carbocycles. The van der Waals surface area contributed by atoms with Crippen molar-refractivity contribution in [3.05, 3.63) is 34.6 Å². The second-order valence-corrected chi connectivity index (χ2v) is 7.87. The summed E-state index contributed by atoms with van der Waals surface area (Å²) in [6.45, 7) is 4.34. The third-order valence-electron chi connectivity index (χ3n) is 3.35. The van der Waals surface area contributed by atoms with Crippen molar-refractivity contribution in [2.75, 3.05) is 12.8 Å². The van der Waals surface area contributed by atoms with Crippen molar-refractivity contribution >= 4 is 21.4 Å². The molecule has 6 heteroatoms. The minimum atomic E-state index is -3.18. The third-order valence-corrected chi connectivity index (χ3v) is 5.27. The fourth-order valence-corrected chi connectivity index (χ4v) is 2.90. The zero-order valence-corrected chi connectivity index (χ0v) is 13.6. The van der Waals surface area contributed by atoms with Gasteiger partial charge in [0.25, 0.3) is 0 Å². The van der Waals surface area contributed by atoms with E-state index in [9.17, 15) is 12.8 Å². The lowest BCUT2D eigenvalue weighted by molar-refractivity contribution is 0.473. The Hall–Kier alpha value is -0.650. The Kier molecular flexibility index (Phi) is 6.43. The van der Waals surface area contributed by atoms with Crippen molar-refractivity contribution in [2.45, 2.75) is 38.0 Å². The first-order valence-electron chi connectivity index (χ1n) is 6.62. The van der Waals surface area contributed by atoms with Gasteiger partial charge >= 0.3 is 0 Å². The molecule has 1 aromatic rings. The van der Waals surface area contributed by atoms with Crippen molar-refractivity contribution in [3.8, 4) is 0 Å². The van der Waals surface area contributed by atoms with Gasteiger partial charge in [0.05, 0.1) is 5.25 Å². The molecule has 1 rings (SSSR count). The molecule has 1 aromatic carbocycles. The van der Waals surface area contributed by atoms with Crippen LogP contribution in [0.5, 0.6) is 0 Å². The van der Waals surface area contributed by atoms with Crippen molar-refractivity contribution in [1.29, 1.82) is 0 Å². The normalized spacial score (nSPS) is 15.1. The van der Waals surface area contributed by atoms with Gasteiger partial charge in [-0.3, -0.25) is 0 Å². The van der Waals surface area contributed by atoms with E-state index in [0.29, 0.717) is 23.6 Å². The SMILES string of the molecule is CCCNC(Cc1ccc(Cl)cc1F)C(C)S(C)(=O)=O. The van der Waals surface area contributed by atoms with Gasteiger partial charge in [-0.1, -0.05) is 24.6 Å². The van der Waals surface area contributed by atoms with Crippen LogP contribution < -0.4 is 5.32 Å². The van der Waals surface area contributed by atoms with E-state index in [0.717, 1.165) is 6.42 Å². The molecule has 1 N–H and O–H groups in total. The van der Waals surface area contributed by atoms with Crippen LogP contribution in [-0.4, -0.2) is 32.5 Å². The average Bonchev–Trinajstić information content (AvgIpc) is 2.35. The van der Waals surface area contributed by atoms with E-state index < -0.39 is 20.9 Å². The van der Waals surface area contributed by atoms with Crippen molar-refractivity contribution < 1.29 is 12.8 Å². The van der Waals surface area contributed by atoms with Crippen molar-refractivity contribution in [2.24, 2.45) is 0 Å². The topological polar surface area (TPSA) is 46.2 Å². The predicted octanol–water partition coefficient (Wildman–Crippen LogP) is 2.82. The molecule has 0 aliphatic carbocycles. The van der Waals surface area contributed by atoms with Crippen LogP contribution in [0.4, 0.5) is 4.39 Å². The van der Waals surface area contributed by atoms with Gasteiger partial charge in [-0.15, -0.1) is 0 Å². The largest absolute Gasteiger partial charge is 0.312 e. The van der Waals surface area contributed by atoms with E-state index in [-0.39, 0.29) is 6.04 Å². The quantitative estimate of drug-likeness (QED) is 0.840. The van der Waals surface area contributed by atoms with Crippen molar-refractivity contribution in [3.63, 3.8) is 0 Å². The van der Waals surface area contributed by atoms with Crippen LogP contribution in [0.25, 0.3) is 0 Å². The molecule has 0 aliphatic heterocycles. The summed E-state index contributed by atoms with van der Waals surface area (Å²) >= 11 is 5.72. The highest BCUT2D eigenvalue weighted by atomic mass is 35.5. The second kappa shape index (κ2) is 7.38. The lowest BCUT2D eigenvalue weighted by Crippen LogP contribution is -2.44. The van der Waals surface area contributed by atoms with Gasteiger partial charge in [-0.25, -0.2) is 12.8 Å². The van der Waals surface area contributed by atoms with Crippen LogP contribution >= 0.6 is 11.6 Å². The second-order valence-electron chi connectivity index (χ2n) is 5.04. The number of nitrogens with one attached hydrogen (secondary N) is 1. The molecular formula is C14H21ClFNO2S. The van der Waals surface area contributed by atoms with Gasteiger partial charge in [-0.2, -0.15) is 0 Å². The molecule has 0 saturated heterocycles. The summed E-state index contributed by atoms with van der Waals surface area (Å²) in [6, 6.07) is 4.15. The Morgan fingerprint density at radius 2 is 2.05 bits per heavy atom. The van der Waals surface area contributed by atoms with Crippen LogP contribution in [0.2, 0.25) is 5.02 Å². The summed E-state index contributed by atoms with van der Waals surface area (Å²) in [5, 5.41) is 2.94. The molecule has 0 spiro atoms. The summed E-state index contributed by atoms with van der Waals surface area (Å²) in [7, 11) is -3.18. The maximum atomic E-state index is 13.8. The van der Waals surface area contributed by atoms with Gasteiger partial charge < -0.3 is 5.32 Å². The molecule has 0 amide bonds. The summed E-state index contributed by atoms with van der Waals surface area (Å²) in [5.41, 5.74) is 0.471. The first-order valence-corrected chi connectivity index (χ1v) is 8.95. The van der Waals surface area contributed by atoms with E-state index in [2.05, 4.69) is 5.32 Å².